The monoisotopic (exact) mass is 841 g/mol. The fraction of sp³-hybridized carbons (Fsp3) is 0. The minimum Gasteiger partial charge on any atom is -0.309 e. The summed E-state index contributed by atoms with van der Waals surface area (Å²) in [4.78, 5) is 19.7. The highest BCUT2D eigenvalue weighted by molar-refractivity contribution is 6.12. The van der Waals surface area contributed by atoms with Gasteiger partial charge in [0.25, 0.3) is 0 Å². The van der Waals surface area contributed by atoms with Gasteiger partial charge in [0.15, 0.2) is 17.5 Å². The van der Waals surface area contributed by atoms with Crippen molar-refractivity contribution in [1.29, 1.82) is 26.3 Å². The molecule has 11 nitrogen and oxygen atoms in total. The number of benzene rings is 7. The zero-order valence-electron chi connectivity index (χ0n) is 34.5. The SMILES string of the molecule is N#Cc1ccc2c(c1)c1cc(C#N)ccc1n2-c1ccncc1-c1cc(-c2nc(-c3ccccc3)nc(-c3ccccc3)n2)cc(C#N)c1-n1c2ccc(C#N)cc2c2cc(C#N)ccc21. The van der Waals surface area contributed by atoms with Crippen molar-refractivity contribution < 1.29 is 0 Å². The Morgan fingerprint density at radius 1 is 0.379 bits per heavy atom. The van der Waals surface area contributed by atoms with Crippen LogP contribution < -0.4 is 0 Å². The van der Waals surface area contributed by atoms with Crippen LogP contribution in [0, 0.1) is 56.7 Å². The van der Waals surface area contributed by atoms with Gasteiger partial charge in [0.1, 0.15) is 6.07 Å². The van der Waals surface area contributed by atoms with Crippen molar-refractivity contribution in [2.75, 3.05) is 0 Å². The second-order valence-corrected chi connectivity index (χ2v) is 15.5. The molecule has 4 aromatic heterocycles. The Balaban J connectivity index is 1.28. The Morgan fingerprint density at radius 3 is 1.23 bits per heavy atom. The molecule has 7 aromatic carbocycles. The van der Waals surface area contributed by atoms with Crippen molar-refractivity contribution >= 4 is 43.6 Å². The van der Waals surface area contributed by atoms with Crippen molar-refractivity contribution in [2.45, 2.75) is 0 Å². The first-order chi connectivity index (χ1) is 32.5. The van der Waals surface area contributed by atoms with Crippen LogP contribution in [0.15, 0.2) is 164 Å². The summed E-state index contributed by atoms with van der Waals surface area (Å²) in [5, 5.41) is 54.4. The highest BCUT2D eigenvalue weighted by Gasteiger charge is 2.26. The van der Waals surface area contributed by atoms with Gasteiger partial charge in [-0.05, 0) is 91.0 Å². The van der Waals surface area contributed by atoms with Gasteiger partial charge < -0.3 is 9.13 Å². The maximum atomic E-state index is 11.4. The minimum atomic E-state index is 0.285. The van der Waals surface area contributed by atoms with E-state index in [0.717, 1.165) is 43.7 Å². The molecule has 11 aromatic rings. The molecule has 0 unspecified atom stereocenters. The Labute approximate surface area is 376 Å². The normalized spacial score (nSPS) is 11.0. The van der Waals surface area contributed by atoms with Crippen LogP contribution in [0.25, 0.3) is 100 Å². The zero-order valence-corrected chi connectivity index (χ0v) is 34.5. The fourth-order valence-corrected chi connectivity index (χ4v) is 8.85. The van der Waals surface area contributed by atoms with E-state index in [1.165, 1.54) is 0 Å². The van der Waals surface area contributed by atoms with E-state index in [-0.39, 0.29) is 5.56 Å². The molecule has 302 valence electrons. The van der Waals surface area contributed by atoms with E-state index in [9.17, 15) is 26.3 Å². The van der Waals surface area contributed by atoms with Gasteiger partial charge in [-0.25, -0.2) is 15.0 Å². The lowest BCUT2D eigenvalue weighted by molar-refractivity contribution is 1.07. The molecule has 0 N–H and O–H groups in total. The van der Waals surface area contributed by atoms with Crippen LogP contribution in [-0.4, -0.2) is 29.1 Å². The number of rotatable bonds is 6. The molecule has 0 atom stereocenters. The highest BCUT2D eigenvalue weighted by Crippen LogP contribution is 2.44. The van der Waals surface area contributed by atoms with E-state index >= 15 is 0 Å². The van der Waals surface area contributed by atoms with Crippen LogP contribution in [0.2, 0.25) is 0 Å². The summed E-state index contributed by atoms with van der Waals surface area (Å²) in [5.74, 6) is 1.24. The van der Waals surface area contributed by atoms with Crippen molar-refractivity contribution in [2.24, 2.45) is 0 Å². The van der Waals surface area contributed by atoms with Gasteiger partial charge in [0.2, 0.25) is 0 Å². The Kier molecular flexibility index (Phi) is 9.13. The van der Waals surface area contributed by atoms with Crippen LogP contribution >= 0.6 is 0 Å². The van der Waals surface area contributed by atoms with Crippen molar-refractivity contribution in [3.63, 3.8) is 0 Å². The molecule has 0 saturated heterocycles. The number of nitriles is 5. The molecule has 0 aliphatic rings. The standard InChI is InChI=1S/C55H27N11/c56-27-33-11-15-47-41(21-33)42-22-34(28-57)12-16-48(42)65(47)51-19-20-61-32-46(51)45-26-39(55-63-53(37-7-3-1-4-8-37)62-54(64-55)38-9-5-2-6-10-38)25-40(31-60)52(45)66-49-17-13-35(29-58)23-43(49)44-24-36(30-59)14-18-50(44)66/h1-26,32H. The van der Waals surface area contributed by atoms with Crippen LogP contribution in [0.1, 0.15) is 27.8 Å². The first kappa shape index (κ1) is 38.7. The third kappa shape index (κ3) is 6.25. The Bertz CT molecular complexity index is 3850. The lowest BCUT2D eigenvalue weighted by atomic mass is 9.96. The van der Waals surface area contributed by atoms with Gasteiger partial charge in [0, 0.05) is 61.8 Å². The van der Waals surface area contributed by atoms with Crippen LogP contribution in [0.3, 0.4) is 0 Å². The summed E-state index contributed by atoms with van der Waals surface area (Å²) in [6.07, 6.45) is 3.47. The predicted octanol–water partition coefficient (Wildman–Crippen LogP) is 11.5. The molecule has 0 spiro atoms. The highest BCUT2D eigenvalue weighted by atomic mass is 15.0. The predicted molar refractivity (Wildman–Crippen MR) is 252 cm³/mol. The molecule has 0 radical (unpaired) electrons. The quantitative estimate of drug-likeness (QED) is 0.157. The summed E-state index contributed by atoms with van der Waals surface area (Å²) < 4.78 is 4.09. The number of fused-ring (bicyclic) bond motifs is 6. The first-order valence-corrected chi connectivity index (χ1v) is 20.7. The number of hydrogen-bond acceptors (Lipinski definition) is 9. The molecule has 66 heavy (non-hydrogen) atoms. The molecule has 0 bridgehead atoms. The van der Waals surface area contributed by atoms with Crippen molar-refractivity contribution in [3.8, 4) is 87.0 Å². The van der Waals surface area contributed by atoms with Crippen LogP contribution in [0.5, 0.6) is 0 Å². The fourth-order valence-electron chi connectivity index (χ4n) is 8.85. The number of pyridine rings is 1. The number of aromatic nitrogens is 6. The second kappa shape index (κ2) is 15.6. The number of nitrogens with zero attached hydrogens (tertiary/aromatic N) is 11. The summed E-state index contributed by atoms with van der Waals surface area (Å²) in [5.41, 5.74) is 9.66. The topological polar surface area (TPSA) is 180 Å². The van der Waals surface area contributed by atoms with E-state index in [4.69, 9.17) is 19.9 Å². The van der Waals surface area contributed by atoms with E-state index in [0.29, 0.717) is 78.8 Å². The third-order valence-electron chi connectivity index (χ3n) is 11.8. The first-order valence-electron chi connectivity index (χ1n) is 20.7. The van der Waals surface area contributed by atoms with Crippen LogP contribution in [0.4, 0.5) is 0 Å². The summed E-state index contributed by atoms with van der Waals surface area (Å²) >= 11 is 0. The average Bonchev–Trinajstić information content (AvgIpc) is 3.89. The Hall–Kier alpha value is -10.3. The van der Waals surface area contributed by atoms with Crippen molar-refractivity contribution in [1.82, 2.24) is 29.1 Å². The van der Waals surface area contributed by atoms with Gasteiger partial charge >= 0.3 is 0 Å². The van der Waals surface area contributed by atoms with E-state index in [1.807, 2.05) is 114 Å². The maximum Gasteiger partial charge on any atom is 0.164 e. The summed E-state index contributed by atoms with van der Waals surface area (Å²) in [7, 11) is 0. The molecule has 0 amide bonds. The van der Waals surface area contributed by atoms with Gasteiger partial charge in [-0.3, -0.25) is 4.98 Å². The van der Waals surface area contributed by atoms with E-state index < -0.39 is 0 Å². The molecule has 11 rings (SSSR count). The molecule has 11 heteroatoms. The molecule has 0 saturated carbocycles. The van der Waals surface area contributed by atoms with Gasteiger partial charge in [-0.2, -0.15) is 26.3 Å². The van der Waals surface area contributed by atoms with E-state index in [1.54, 1.807) is 54.9 Å². The third-order valence-corrected chi connectivity index (χ3v) is 11.8. The van der Waals surface area contributed by atoms with Gasteiger partial charge in [-0.15, -0.1) is 0 Å². The van der Waals surface area contributed by atoms with Crippen LogP contribution in [-0.2, 0) is 0 Å². The lowest BCUT2D eigenvalue weighted by Crippen LogP contribution is -2.06. The van der Waals surface area contributed by atoms with E-state index in [2.05, 4.69) is 34.9 Å². The van der Waals surface area contributed by atoms with Crippen molar-refractivity contribution in [3.05, 3.63) is 192 Å². The average molecular weight is 842 g/mol. The molecular weight excluding hydrogens is 815 g/mol. The minimum absolute atomic E-state index is 0.285. The Morgan fingerprint density at radius 2 is 0.803 bits per heavy atom. The number of hydrogen-bond donors (Lipinski definition) is 0. The molecule has 0 aliphatic carbocycles. The second-order valence-electron chi connectivity index (χ2n) is 15.5. The molecule has 0 fully saturated rings. The zero-order chi connectivity index (χ0) is 44.9. The molecular formula is C55H27N11. The molecule has 0 aliphatic heterocycles. The lowest BCUT2D eigenvalue weighted by Gasteiger charge is -2.20. The maximum absolute atomic E-state index is 11.4. The largest absolute Gasteiger partial charge is 0.309 e. The van der Waals surface area contributed by atoms with Gasteiger partial charge in [-0.1, -0.05) is 60.7 Å². The van der Waals surface area contributed by atoms with Gasteiger partial charge in [0.05, 0.1) is 85.5 Å². The molecule has 4 heterocycles. The smallest absolute Gasteiger partial charge is 0.164 e. The summed E-state index contributed by atoms with van der Waals surface area (Å²) in [6, 6.07) is 58.3. The summed E-state index contributed by atoms with van der Waals surface area (Å²) in [6.45, 7) is 0.